The van der Waals surface area contributed by atoms with Crippen molar-refractivity contribution in [2.45, 2.75) is 18.9 Å². The Morgan fingerprint density at radius 2 is 2.15 bits per heavy atom. The highest BCUT2D eigenvalue weighted by atomic mass is 35.5. The summed E-state index contributed by atoms with van der Waals surface area (Å²) in [5.41, 5.74) is 0. The first-order chi connectivity index (χ1) is 9.45. The zero-order valence-corrected chi connectivity index (χ0v) is 11.2. The van der Waals surface area contributed by atoms with E-state index >= 15 is 0 Å². The van der Waals surface area contributed by atoms with Gasteiger partial charge in [-0.05, 0) is 25.0 Å². The van der Waals surface area contributed by atoms with Crippen LogP contribution in [-0.4, -0.2) is 29.6 Å². The normalized spacial score (nSPS) is 20.9. The van der Waals surface area contributed by atoms with Crippen LogP contribution < -0.4 is 10.1 Å². The molecular formula is C13H13ClFNO4. The quantitative estimate of drug-likeness (QED) is 0.870. The predicted octanol–water partition coefficient (Wildman–Crippen LogP) is 1.84. The molecular weight excluding hydrogens is 289 g/mol. The second kappa shape index (κ2) is 6.09. The van der Waals surface area contributed by atoms with Crippen LogP contribution in [0.15, 0.2) is 18.2 Å². The summed E-state index contributed by atoms with van der Waals surface area (Å²) in [5.74, 6) is -2.00. The standard InChI is InChI=1S/C13H13ClFNO4/c14-10-2-1-9(5-11(10)15)20-6-12(17)16-8-3-7(4-8)13(18)19/h1-2,5,7-8H,3-4,6H2,(H,16,17)(H,18,19)/t7-,8-. The van der Waals surface area contributed by atoms with Gasteiger partial charge in [0.2, 0.25) is 0 Å². The molecule has 1 aromatic carbocycles. The summed E-state index contributed by atoms with van der Waals surface area (Å²) >= 11 is 5.52. The third kappa shape index (κ3) is 3.60. The number of carbonyl (C=O) groups excluding carboxylic acids is 1. The molecule has 1 saturated carbocycles. The minimum atomic E-state index is -0.844. The van der Waals surface area contributed by atoms with Crippen molar-refractivity contribution in [3.05, 3.63) is 29.0 Å². The Bertz CT molecular complexity index is 531. The molecule has 108 valence electrons. The maximum atomic E-state index is 13.1. The summed E-state index contributed by atoms with van der Waals surface area (Å²) in [6, 6.07) is 3.77. The van der Waals surface area contributed by atoms with E-state index in [1.165, 1.54) is 12.1 Å². The van der Waals surface area contributed by atoms with Gasteiger partial charge in [-0.3, -0.25) is 9.59 Å². The predicted molar refractivity (Wildman–Crippen MR) is 69.2 cm³/mol. The fourth-order valence-electron chi connectivity index (χ4n) is 1.92. The lowest BCUT2D eigenvalue weighted by Crippen LogP contribution is -2.48. The number of nitrogens with one attached hydrogen (secondary N) is 1. The van der Waals surface area contributed by atoms with Gasteiger partial charge in [0.25, 0.3) is 5.91 Å². The van der Waals surface area contributed by atoms with Gasteiger partial charge in [-0.2, -0.15) is 0 Å². The van der Waals surface area contributed by atoms with Crippen molar-refractivity contribution in [2.24, 2.45) is 5.92 Å². The molecule has 1 amide bonds. The van der Waals surface area contributed by atoms with Gasteiger partial charge in [0.05, 0.1) is 10.9 Å². The van der Waals surface area contributed by atoms with Gasteiger partial charge in [-0.1, -0.05) is 11.6 Å². The van der Waals surface area contributed by atoms with Crippen molar-refractivity contribution in [1.82, 2.24) is 5.32 Å². The lowest BCUT2D eigenvalue weighted by atomic mass is 9.80. The summed E-state index contributed by atoms with van der Waals surface area (Å²) in [5, 5.41) is 11.3. The average molecular weight is 302 g/mol. The lowest BCUT2D eigenvalue weighted by molar-refractivity contribution is -0.146. The smallest absolute Gasteiger partial charge is 0.306 e. The summed E-state index contributed by atoms with van der Waals surface area (Å²) in [6.07, 6.45) is 0.854. The number of benzene rings is 1. The molecule has 7 heteroatoms. The minimum absolute atomic E-state index is 0.0176. The highest BCUT2D eigenvalue weighted by Crippen LogP contribution is 2.27. The van der Waals surface area contributed by atoms with E-state index in [1.807, 2.05) is 0 Å². The van der Waals surface area contributed by atoms with Gasteiger partial charge in [0.15, 0.2) is 6.61 Å². The van der Waals surface area contributed by atoms with Crippen LogP contribution in [0.3, 0.4) is 0 Å². The SMILES string of the molecule is O=C(COc1ccc(Cl)c(F)c1)N[C@H]1C[C@H](C(=O)O)C1. The molecule has 20 heavy (non-hydrogen) atoms. The molecule has 0 radical (unpaired) electrons. The fourth-order valence-corrected chi connectivity index (χ4v) is 2.04. The number of hydrogen-bond acceptors (Lipinski definition) is 3. The van der Waals surface area contributed by atoms with Gasteiger partial charge in [-0.15, -0.1) is 0 Å². The summed E-state index contributed by atoms with van der Waals surface area (Å²) in [4.78, 5) is 22.1. The highest BCUT2D eigenvalue weighted by molar-refractivity contribution is 6.30. The third-order valence-corrected chi connectivity index (χ3v) is 3.42. The van der Waals surface area contributed by atoms with E-state index in [0.717, 1.165) is 6.07 Å². The molecule has 1 fully saturated rings. The summed E-state index contributed by atoms with van der Waals surface area (Å²) < 4.78 is 18.2. The monoisotopic (exact) mass is 301 g/mol. The molecule has 0 saturated heterocycles. The molecule has 0 spiro atoms. The third-order valence-electron chi connectivity index (χ3n) is 3.11. The van der Waals surface area contributed by atoms with Crippen LogP contribution >= 0.6 is 11.6 Å². The zero-order chi connectivity index (χ0) is 14.7. The minimum Gasteiger partial charge on any atom is -0.484 e. The second-order valence-electron chi connectivity index (χ2n) is 4.64. The Labute approximate surface area is 119 Å². The zero-order valence-electron chi connectivity index (χ0n) is 10.4. The molecule has 1 aliphatic carbocycles. The Balaban J connectivity index is 1.73. The van der Waals surface area contributed by atoms with Crippen LogP contribution in [0.5, 0.6) is 5.75 Å². The van der Waals surface area contributed by atoms with E-state index in [9.17, 15) is 14.0 Å². The van der Waals surface area contributed by atoms with Crippen LogP contribution in [0.2, 0.25) is 5.02 Å². The molecule has 0 atom stereocenters. The first-order valence-electron chi connectivity index (χ1n) is 6.05. The summed E-state index contributed by atoms with van der Waals surface area (Å²) in [7, 11) is 0. The molecule has 2 N–H and O–H groups in total. The highest BCUT2D eigenvalue weighted by Gasteiger charge is 2.35. The number of carboxylic acids is 1. The van der Waals surface area contributed by atoms with Gasteiger partial charge < -0.3 is 15.2 Å². The molecule has 0 unspecified atom stereocenters. The molecule has 0 bridgehead atoms. The first-order valence-corrected chi connectivity index (χ1v) is 6.43. The van der Waals surface area contributed by atoms with Crippen LogP contribution in [0, 0.1) is 11.7 Å². The second-order valence-corrected chi connectivity index (χ2v) is 5.04. The number of hydrogen-bond donors (Lipinski definition) is 2. The molecule has 2 rings (SSSR count). The number of carboxylic acid groups (broad SMARTS) is 1. The van der Waals surface area contributed by atoms with Crippen LogP contribution in [-0.2, 0) is 9.59 Å². The maximum Gasteiger partial charge on any atom is 0.306 e. The van der Waals surface area contributed by atoms with Crippen LogP contribution in [0.1, 0.15) is 12.8 Å². The van der Waals surface area contributed by atoms with Crippen LogP contribution in [0.4, 0.5) is 4.39 Å². The van der Waals surface area contributed by atoms with E-state index in [4.69, 9.17) is 21.4 Å². The number of rotatable bonds is 5. The number of carbonyl (C=O) groups is 2. The van der Waals surface area contributed by atoms with E-state index in [-0.39, 0.29) is 35.2 Å². The molecule has 5 nitrogen and oxygen atoms in total. The average Bonchev–Trinajstić information content (AvgIpc) is 2.34. The van der Waals surface area contributed by atoms with Gasteiger partial charge >= 0.3 is 5.97 Å². The van der Waals surface area contributed by atoms with Crippen molar-refractivity contribution in [2.75, 3.05) is 6.61 Å². The van der Waals surface area contributed by atoms with Crippen molar-refractivity contribution >= 4 is 23.5 Å². The lowest BCUT2D eigenvalue weighted by Gasteiger charge is -2.32. The Morgan fingerprint density at radius 3 is 2.75 bits per heavy atom. The Hall–Kier alpha value is -1.82. The van der Waals surface area contributed by atoms with Crippen molar-refractivity contribution < 1.29 is 23.8 Å². The molecule has 0 heterocycles. The van der Waals surface area contributed by atoms with Crippen LogP contribution in [0.25, 0.3) is 0 Å². The van der Waals surface area contributed by atoms with Crippen molar-refractivity contribution in [3.8, 4) is 5.75 Å². The number of aliphatic carboxylic acids is 1. The number of amides is 1. The van der Waals surface area contributed by atoms with Crippen molar-refractivity contribution in [1.29, 1.82) is 0 Å². The molecule has 1 aromatic rings. The van der Waals surface area contributed by atoms with Gasteiger partial charge in [-0.25, -0.2) is 4.39 Å². The van der Waals surface area contributed by atoms with Gasteiger partial charge in [0, 0.05) is 12.1 Å². The fraction of sp³-hybridized carbons (Fsp3) is 0.385. The topological polar surface area (TPSA) is 75.6 Å². The van der Waals surface area contributed by atoms with E-state index in [1.54, 1.807) is 0 Å². The summed E-state index contributed by atoms with van der Waals surface area (Å²) in [6.45, 7) is -0.255. The molecule has 0 aliphatic heterocycles. The van der Waals surface area contributed by atoms with Gasteiger partial charge in [0.1, 0.15) is 11.6 Å². The largest absolute Gasteiger partial charge is 0.484 e. The van der Waals surface area contributed by atoms with E-state index < -0.39 is 11.8 Å². The number of halogens is 2. The maximum absolute atomic E-state index is 13.1. The molecule has 0 aromatic heterocycles. The number of ether oxygens (including phenoxy) is 1. The van der Waals surface area contributed by atoms with E-state index in [0.29, 0.717) is 12.8 Å². The Kier molecular flexibility index (Phi) is 4.44. The first kappa shape index (κ1) is 14.6. The van der Waals surface area contributed by atoms with E-state index in [2.05, 4.69) is 5.32 Å². The van der Waals surface area contributed by atoms with Crippen molar-refractivity contribution in [3.63, 3.8) is 0 Å². The molecule has 1 aliphatic rings. The Morgan fingerprint density at radius 1 is 1.45 bits per heavy atom.